The molecule has 0 saturated carbocycles. The van der Waals surface area contributed by atoms with Crippen LogP contribution in [-0.4, -0.2) is 43.7 Å². The predicted molar refractivity (Wildman–Crippen MR) is 78.5 cm³/mol. The van der Waals surface area contributed by atoms with Crippen molar-refractivity contribution in [1.82, 2.24) is 16.0 Å². The van der Waals surface area contributed by atoms with Gasteiger partial charge < -0.3 is 16.0 Å². The number of rotatable bonds is 8. The minimum absolute atomic E-state index is 0.0780. The smallest absolute Gasteiger partial charge is 0.251 e. The molecule has 0 aromatic heterocycles. The van der Waals surface area contributed by atoms with Gasteiger partial charge in [-0.25, -0.2) is 0 Å². The van der Waals surface area contributed by atoms with Gasteiger partial charge in [-0.05, 0) is 12.1 Å². The van der Waals surface area contributed by atoms with E-state index in [1.165, 1.54) is 0 Å². The Hall–Kier alpha value is -1.53. The third-order valence-electron chi connectivity index (χ3n) is 2.39. The molecule has 5 nitrogen and oxygen atoms in total. The molecule has 0 bridgehead atoms. The summed E-state index contributed by atoms with van der Waals surface area (Å²) in [4.78, 5) is 22.5. The molecule has 0 fully saturated rings. The monoisotopic (exact) mass is 281 g/mol. The predicted octanol–water partition coefficient (Wildman–Crippen LogP) is 0.0520. The van der Waals surface area contributed by atoms with Gasteiger partial charge in [0.1, 0.15) is 0 Å². The van der Waals surface area contributed by atoms with E-state index < -0.39 is 0 Å². The lowest BCUT2D eigenvalue weighted by atomic mass is 10.2. The van der Waals surface area contributed by atoms with E-state index in [0.717, 1.165) is 0 Å². The van der Waals surface area contributed by atoms with Crippen molar-refractivity contribution in [2.24, 2.45) is 0 Å². The zero-order chi connectivity index (χ0) is 13.9. The quantitative estimate of drug-likeness (QED) is 0.402. The summed E-state index contributed by atoms with van der Waals surface area (Å²) in [7, 11) is 0. The molecule has 104 valence electrons. The van der Waals surface area contributed by atoms with Crippen molar-refractivity contribution in [3.05, 3.63) is 35.9 Å². The highest BCUT2D eigenvalue weighted by atomic mass is 32.1. The summed E-state index contributed by atoms with van der Waals surface area (Å²) >= 11 is 3.85. The molecule has 0 aliphatic rings. The molecule has 0 radical (unpaired) electrons. The van der Waals surface area contributed by atoms with Crippen LogP contribution in [0.2, 0.25) is 0 Å². The van der Waals surface area contributed by atoms with Crippen molar-refractivity contribution in [1.29, 1.82) is 0 Å². The lowest BCUT2D eigenvalue weighted by Gasteiger charge is -2.07. The lowest BCUT2D eigenvalue weighted by Crippen LogP contribution is -2.36. The van der Waals surface area contributed by atoms with Crippen LogP contribution in [0.15, 0.2) is 30.3 Å². The maximum atomic E-state index is 11.7. The highest BCUT2D eigenvalue weighted by Gasteiger charge is 2.02. The molecule has 1 aromatic carbocycles. The van der Waals surface area contributed by atoms with Crippen LogP contribution in [-0.2, 0) is 4.79 Å². The minimum atomic E-state index is -0.0810. The van der Waals surface area contributed by atoms with Gasteiger partial charge in [-0.2, -0.15) is 12.6 Å². The van der Waals surface area contributed by atoms with E-state index in [2.05, 4.69) is 28.6 Å². The number of benzene rings is 1. The molecule has 0 aliphatic carbocycles. The fourth-order valence-electron chi connectivity index (χ4n) is 1.43. The topological polar surface area (TPSA) is 70.2 Å². The van der Waals surface area contributed by atoms with Crippen LogP contribution in [0.3, 0.4) is 0 Å². The Bertz CT molecular complexity index is 398. The van der Waals surface area contributed by atoms with Crippen molar-refractivity contribution in [3.63, 3.8) is 0 Å². The molecule has 0 heterocycles. The Kier molecular flexibility index (Phi) is 7.69. The van der Waals surface area contributed by atoms with Gasteiger partial charge in [0, 0.05) is 31.7 Å². The molecule has 2 amide bonds. The highest BCUT2D eigenvalue weighted by Crippen LogP contribution is 1.96. The molecule has 0 atom stereocenters. The van der Waals surface area contributed by atoms with Crippen LogP contribution in [0, 0.1) is 0 Å². The lowest BCUT2D eigenvalue weighted by molar-refractivity contribution is -0.118. The fraction of sp³-hybridized carbons (Fsp3) is 0.385. The first-order valence-corrected chi connectivity index (χ1v) is 6.79. The number of carbonyl (C=O) groups excluding carboxylic acids is 2. The van der Waals surface area contributed by atoms with Crippen molar-refractivity contribution < 1.29 is 9.59 Å². The van der Waals surface area contributed by atoms with Gasteiger partial charge >= 0.3 is 0 Å². The largest absolute Gasteiger partial charge is 0.354 e. The van der Waals surface area contributed by atoms with Crippen molar-refractivity contribution >= 4 is 24.4 Å². The minimum Gasteiger partial charge on any atom is -0.354 e. The number of hydrogen-bond donors (Lipinski definition) is 4. The van der Waals surface area contributed by atoms with Crippen molar-refractivity contribution in [2.75, 3.05) is 31.9 Å². The van der Waals surface area contributed by atoms with Gasteiger partial charge in [-0.1, -0.05) is 18.2 Å². The molecular formula is C13H19N3O2S. The molecule has 1 rings (SSSR count). The molecule has 1 aromatic rings. The summed E-state index contributed by atoms with van der Waals surface area (Å²) in [5.74, 6) is 0.0425. The van der Waals surface area contributed by atoms with Crippen molar-refractivity contribution in [3.8, 4) is 0 Å². The Morgan fingerprint density at radius 3 is 2.21 bits per heavy atom. The summed E-state index contributed by atoms with van der Waals surface area (Å²) in [5, 5.41) is 8.62. The van der Waals surface area contributed by atoms with Gasteiger partial charge in [0.15, 0.2) is 0 Å². The summed E-state index contributed by atoms with van der Waals surface area (Å²) in [6, 6.07) is 9.08. The van der Waals surface area contributed by atoms with Crippen LogP contribution in [0.5, 0.6) is 0 Å². The number of thiol groups is 1. The second kappa shape index (κ2) is 9.41. The fourth-order valence-corrected chi connectivity index (χ4v) is 1.54. The maximum Gasteiger partial charge on any atom is 0.251 e. The average Bonchev–Trinajstić information content (AvgIpc) is 2.46. The molecular weight excluding hydrogens is 262 g/mol. The Morgan fingerprint density at radius 1 is 0.947 bits per heavy atom. The zero-order valence-corrected chi connectivity index (χ0v) is 11.6. The molecule has 0 aliphatic heterocycles. The van der Waals surface area contributed by atoms with E-state index in [1.54, 1.807) is 12.1 Å². The van der Waals surface area contributed by atoms with Gasteiger partial charge in [-0.3, -0.25) is 9.59 Å². The molecule has 0 unspecified atom stereocenters. The Balaban J connectivity index is 2.02. The van der Waals surface area contributed by atoms with Crippen molar-refractivity contribution in [2.45, 2.75) is 0 Å². The van der Waals surface area contributed by atoms with Crippen LogP contribution in [0.4, 0.5) is 0 Å². The summed E-state index contributed by atoms with van der Waals surface area (Å²) < 4.78 is 0. The highest BCUT2D eigenvalue weighted by molar-refractivity contribution is 7.81. The van der Waals surface area contributed by atoms with Crippen LogP contribution in [0.1, 0.15) is 10.4 Å². The molecule has 3 N–H and O–H groups in total. The SMILES string of the molecule is O=C(CS)NCCNCCNC(=O)c1ccccc1. The van der Waals surface area contributed by atoms with E-state index in [4.69, 9.17) is 0 Å². The third-order valence-corrected chi connectivity index (χ3v) is 2.68. The van der Waals surface area contributed by atoms with E-state index in [9.17, 15) is 9.59 Å². The second-order valence-corrected chi connectivity index (χ2v) is 4.20. The van der Waals surface area contributed by atoms with Crippen LogP contribution in [0.25, 0.3) is 0 Å². The van der Waals surface area contributed by atoms with E-state index in [-0.39, 0.29) is 17.6 Å². The van der Waals surface area contributed by atoms with Gasteiger partial charge in [-0.15, -0.1) is 0 Å². The first-order chi connectivity index (χ1) is 9.24. The normalized spacial score (nSPS) is 9.95. The number of amides is 2. The maximum absolute atomic E-state index is 11.7. The van der Waals surface area contributed by atoms with E-state index in [1.807, 2.05) is 18.2 Å². The van der Waals surface area contributed by atoms with Crippen LogP contribution < -0.4 is 16.0 Å². The summed E-state index contributed by atoms with van der Waals surface area (Å²) in [6.07, 6.45) is 0. The first kappa shape index (κ1) is 15.5. The van der Waals surface area contributed by atoms with Gasteiger partial charge in [0.2, 0.25) is 5.91 Å². The van der Waals surface area contributed by atoms with Gasteiger partial charge in [0.05, 0.1) is 5.75 Å². The molecule has 0 spiro atoms. The zero-order valence-electron chi connectivity index (χ0n) is 10.7. The second-order valence-electron chi connectivity index (χ2n) is 3.88. The average molecular weight is 281 g/mol. The number of hydrogen-bond acceptors (Lipinski definition) is 4. The molecule has 6 heteroatoms. The van der Waals surface area contributed by atoms with Gasteiger partial charge in [0.25, 0.3) is 5.91 Å². The Morgan fingerprint density at radius 2 is 1.58 bits per heavy atom. The van der Waals surface area contributed by atoms with E-state index in [0.29, 0.717) is 31.7 Å². The third kappa shape index (κ3) is 6.83. The number of nitrogens with one attached hydrogen (secondary N) is 3. The first-order valence-electron chi connectivity index (χ1n) is 6.15. The van der Waals surface area contributed by atoms with E-state index >= 15 is 0 Å². The molecule has 19 heavy (non-hydrogen) atoms. The number of carbonyl (C=O) groups is 2. The Labute approximate surface area is 118 Å². The molecule has 0 saturated heterocycles. The van der Waals surface area contributed by atoms with Crippen LogP contribution >= 0.6 is 12.6 Å². The standard InChI is InChI=1S/C13H19N3O2S/c17-12(10-19)15-8-6-14-7-9-16-13(18)11-4-2-1-3-5-11/h1-5,14,19H,6-10H2,(H,15,17)(H,16,18). The summed E-state index contributed by atoms with van der Waals surface area (Å²) in [5.41, 5.74) is 0.656. The summed E-state index contributed by atoms with van der Waals surface area (Å²) in [6.45, 7) is 2.44.